The molecule has 0 saturated carbocycles. The van der Waals surface area contributed by atoms with Crippen LogP contribution >= 0.6 is 22.6 Å². The van der Waals surface area contributed by atoms with E-state index in [1.54, 1.807) is 7.11 Å². The Labute approximate surface area is 136 Å². The summed E-state index contributed by atoms with van der Waals surface area (Å²) in [6, 6.07) is 19.1. The number of fused-ring (bicyclic) bond motifs is 1. The van der Waals surface area contributed by atoms with Crippen LogP contribution in [0, 0.1) is 3.57 Å². The minimum atomic E-state index is 0.0406. The first-order chi connectivity index (χ1) is 10.2. The van der Waals surface area contributed by atoms with Crippen molar-refractivity contribution in [2.45, 2.75) is 0 Å². The van der Waals surface area contributed by atoms with E-state index in [4.69, 9.17) is 4.74 Å². The van der Waals surface area contributed by atoms with E-state index in [0.717, 1.165) is 25.7 Å². The van der Waals surface area contributed by atoms with Crippen LogP contribution in [0.4, 0.5) is 0 Å². The number of rotatable bonds is 3. The van der Waals surface area contributed by atoms with Crippen molar-refractivity contribution in [3.63, 3.8) is 0 Å². The van der Waals surface area contributed by atoms with Gasteiger partial charge < -0.3 is 4.74 Å². The van der Waals surface area contributed by atoms with Crippen LogP contribution < -0.4 is 4.74 Å². The Morgan fingerprint density at radius 1 is 0.857 bits per heavy atom. The smallest absolute Gasteiger partial charge is 0.194 e. The molecule has 0 fully saturated rings. The Morgan fingerprint density at radius 3 is 2.24 bits per heavy atom. The molecule has 0 amide bonds. The summed E-state index contributed by atoms with van der Waals surface area (Å²) in [4.78, 5) is 12.8. The van der Waals surface area contributed by atoms with Gasteiger partial charge in [0.05, 0.1) is 7.11 Å². The third kappa shape index (κ3) is 2.53. The van der Waals surface area contributed by atoms with Crippen molar-refractivity contribution in [3.8, 4) is 5.75 Å². The summed E-state index contributed by atoms with van der Waals surface area (Å²) in [6.45, 7) is 0. The molecule has 21 heavy (non-hydrogen) atoms. The summed E-state index contributed by atoms with van der Waals surface area (Å²) in [7, 11) is 1.64. The topological polar surface area (TPSA) is 26.3 Å². The highest BCUT2D eigenvalue weighted by Gasteiger charge is 2.16. The summed E-state index contributed by atoms with van der Waals surface area (Å²) >= 11 is 2.19. The molecule has 0 aliphatic heterocycles. The number of ketones is 1. The Balaban J connectivity index is 2.22. The quantitative estimate of drug-likeness (QED) is 0.481. The molecule has 0 radical (unpaired) electrons. The van der Waals surface area contributed by atoms with E-state index in [1.807, 2.05) is 60.7 Å². The van der Waals surface area contributed by atoms with Crippen LogP contribution in [0.1, 0.15) is 15.9 Å². The standard InChI is InChI=1S/C18H13IO2/c1-21-17-11-10-14(12-6-2-3-7-13(12)17)18(20)15-8-4-5-9-16(15)19/h2-11H,1H3. The van der Waals surface area contributed by atoms with Crippen molar-refractivity contribution in [1.29, 1.82) is 0 Å². The zero-order chi connectivity index (χ0) is 14.8. The minimum Gasteiger partial charge on any atom is -0.496 e. The van der Waals surface area contributed by atoms with Crippen LogP contribution in [0.15, 0.2) is 60.7 Å². The van der Waals surface area contributed by atoms with Gasteiger partial charge in [-0.2, -0.15) is 0 Å². The van der Waals surface area contributed by atoms with Gasteiger partial charge in [0.25, 0.3) is 0 Å². The Kier molecular flexibility index (Phi) is 3.92. The third-order valence-corrected chi connectivity index (χ3v) is 4.41. The van der Waals surface area contributed by atoms with Gasteiger partial charge in [-0.3, -0.25) is 4.79 Å². The van der Waals surface area contributed by atoms with Gasteiger partial charge >= 0.3 is 0 Å². The number of carbonyl (C=O) groups is 1. The average molecular weight is 388 g/mol. The Morgan fingerprint density at radius 2 is 1.52 bits per heavy atom. The lowest BCUT2D eigenvalue weighted by molar-refractivity contribution is 0.103. The highest BCUT2D eigenvalue weighted by Crippen LogP contribution is 2.30. The normalized spacial score (nSPS) is 10.6. The molecule has 0 atom stereocenters. The van der Waals surface area contributed by atoms with Gasteiger partial charge in [-0.15, -0.1) is 0 Å². The number of ether oxygens (including phenoxy) is 1. The lowest BCUT2D eigenvalue weighted by Gasteiger charge is -2.10. The number of methoxy groups -OCH3 is 1. The first-order valence-electron chi connectivity index (χ1n) is 6.57. The number of hydrogen-bond donors (Lipinski definition) is 0. The van der Waals surface area contributed by atoms with E-state index in [1.165, 1.54) is 0 Å². The second-order valence-electron chi connectivity index (χ2n) is 4.67. The molecule has 0 aromatic heterocycles. The molecular weight excluding hydrogens is 375 g/mol. The number of carbonyl (C=O) groups excluding carboxylic acids is 1. The van der Waals surface area contributed by atoms with Crippen molar-refractivity contribution < 1.29 is 9.53 Å². The zero-order valence-corrected chi connectivity index (χ0v) is 13.6. The lowest BCUT2D eigenvalue weighted by atomic mass is 9.97. The van der Waals surface area contributed by atoms with Gasteiger partial charge in [-0.1, -0.05) is 36.4 Å². The second-order valence-corrected chi connectivity index (χ2v) is 5.83. The van der Waals surface area contributed by atoms with Crippen molar-refractivity contribution in [3.05, 3.63) is 75.4 Å². The zero-order valence-electron chi connectivity index (χ0n) is 11.5. The number of hydrogen-bond acceptors (Lipinski definition) is 2. The molecule has 3 aromatic rings. The summed E-state index contributed by atoms with van der Waals surface area (Å²) < 4.78 is 6.34. The highest BCUT2D eigenvalue weighted by atomic mass is 127. The maximum atomic E-state index is 12.8. The fourth-order valence-electron chi connectivity index (χ4n) is 2.44. The Bertz CT molecular complexity index is 824. The van der Waals surface area contributed by atoms with Crippen LogP contribution in [-0.4, -0.2) is 12.9 Å². The molecule has 0 N–H and O–H groups in total. The molecule has 3 heteroatoms. The minimum absolute atomic E-state index is 0.0406. The summed E-state index contributed by atoms with van der Waals surface area (Å²) in [5.41, 5.74) is 1.43. The third-order valence-electron chi connectivity index (χ3n) is 3.47. The molecule has 3 aromatic carbocycles. The van der Waals surface area contributed by atoms with Gasteiger partial charge in [0.15, 0.2) is 5.78 Å². The fraction of sp³-hybridized carbons (Fsp3) is 0.0556. The van der Waals surface area contributed by atoms with Crippen LogP contribution in [0.3, 0.4) is 0 Å². The molecule has 0 saturated heterocycles. The van der Waals surface area contributed by atoms with E-state index in [0.29, 0.717) is 5.56 Å². The maximum Gasteiger partial charge on any atom is 0.194 e. The van der Waals surface area contributed by atoms with E-state index >= 15 is 0 Å². The predicted molar refractivity (Wildman–Crippen MR) is 93.1 cm³/mol. The largest absolute Gasteiger partial charge is 0.496 e. The molecule has 104 valence electrons. The van der Waals surface area contributed by atoms with Crippen molar-refractivity contribution >= 4 is 39.1 Å². The molecule has 0 heterocycles. The van der Waals surface area contributed by atoms with Crippen LogP contribution in [0.25, 0.3) is 10.8 Å². The van der Waals surface area contributed by atoms with E-state index in [9.17, 15) is 4.79 Å². The van der Waals surface area contributed by atoms with Crippen LogP contribution in [0.5, 0.6) is 5.75 Å². The first kappa shape index (κ1) is 14.1. The summed E-state index contributed by atoms with van der Waals surface area (Å²) in [5.74, 6) is 0.823. The molecule has 0 unspecified atom stereocenters. The van der Waals surface area contributed by atoms with Crippen LogP contribution in [0.2, 0.25) is 0 Å². The SMILES string of the molecule is COc1ccc(C(=O)c2ccccc2I)c2ccccc12. The number of halogens is 1. The van der Waals surface area contributed by atoms with Gasteiger partial charge in [0, 0.05) is 20.1 Å². The molecule has 3 rings (SSSR count). The maximum absolute atomic E-state index is 12.8. The van der Waals surface area contributed by atoms with Gasteiger partial charge in [0.2, 0.25) is 0 Å². The van der Waals surface area contributed by atoms with Crippen molar-refractivity contribution in [2.75, 3.05) is 7.11 Å². The van der Waals surface area contributed by atoms with Crippen molar-refractivity contribution in [1.82, 2.24) is 0 Å². The monoisotopic (exact) mass is 388 g/mol. The molecular formula is C18H13IO2. The van der Waals surface area contributed by atoms with E-state index < -0.39 is 0 Å². The molecule has 2 nitrogen and oxygen atoms in total. The van der Waals surface area contributed by atoms with Gasteiger partial charge in [0.1, 0.15) is 5.75 Å². The number of benzene rings is 3. The molecule has 0 bridgehead atoms. The fourth-order valence-corrected chi connectivity index (χ4v) is 3.07. The highest BCUT2D eigenvalue weighted by molar-refractivity contribution is 14.1. The molecule has 0 aliphatic rings. The average Bonchev–Trinajstić information content (AvgIpc) is 2.53. The summed E-state index contributed by atoms with van der Waals surface area (Å²) in [5, 5.41) is 1.87. The van der Waals surface area contributed by atoms with Crippen molar-refractivity contribution in [2.24, 2.45) is 0 Å². The molecule has 0 spiro atoms. The van der Waals surface area contributed by atoms with Gasteiger partial charge in [-0.25, -0.2) is 0 Å². The van der Waals surface area contributed by atoms with Crippen LogP contribution in [-0.2, 0) is 0 Å². The molecule has 0 aliphatic carbocycles. The summed E-state index contributed by atoms with van der Waals surface area (Å²) in [6.07, 6.45) is 0. The predicted octanol–water partition coefficient (Wildman–Crippen LogP) is 4.68. The Hall–Kier alpha value is -1.88. The van der Waals surface area contributed by atoms with Gasteiger partial charge in [-0.05, 0) is 52.2 Å². The first-order valence-corrected chi connectivity index (χ1v) is 7.65. The second kappa shape index (κ2) is 5.85. The van der Waals surface area contributed by atoms with E-state index in [2.05, 4.69) is 22.6 Å². The van der Waals surface area contributed by atoms with E-state index in [-0.39, 0.29) is 5.78 Å². The lowest BCUT2D eigenvalue weighted by Crippen LogP contribution is -2.04.